The summed E-state index contributed by atoms with van der Waals surface area (Å²) in [6, 6.07) is 22.2. The predicted octanol–water partition coefficient (Wildman–Crippen LogP) is 5.49. The van der Waals surface area contributed by atoms with Crippen molar-refractivity contribution in [2.45, 2.75) is 64.1 Å². The van der Waals surface area contributed by atoms with Gasteiger partial charge < -0.3 is 24.7 Å². The lowest BCUT2D eigenvalue weighted by molar-refractivity contribution is -0.148. The number of hydrogen-bond donors (Lipinski definition) is 2. The second kappa shape index (κ2) is 12.5. The van der Waals surface area contributed by atoms with Crippen molar-refractivity contribution < 1.29 is 23.9 Å². The molecule has 1 fully saturated rings. The maximum Gasteiger partial charge on any atom is 0.330 e. The van der Waals surface area contributed by atoms with Crippen LogP contribution >= 0.6 is 0 Å². The lowest BCUT2D eigenvalue weighted by Crippen LogP contribution is -2.55. The number of anilines is 1. The lowest BCUT2D eigenvalue weighted by Gasteiger charge is -2.31. The van der Waals surface area contributed by atoms with Gasteiger partial charge in [-0.2, -0.15) is 0 Å². The second-order valence-electron chi connectivity index (χ2n) is 11.1. The molecule has 42 heavy (non-hydrogen) atoms. The summed E-state index contributed by atoms with van der Waals surface area (Å²) in [5.41, 5.74) is 3.67. The summed E-state index contributed by atoms with van der Waals surface area (Å²) in [5, 5.41) is 6.94. The van der Waals surface area contributed by atoms with Crippen LogP contribution in [-0.4, -0.2) is 41.1 Å². The first-order valence-corrected chi connectivity index (χ1v) is 14.3. The van der Waals surface area contributed by atoms with Gasteiger partial charge in [-0.05, 0) is 98.0 Å². The summed E-state index contributed by atoms with van der Waals surface area (Å²) in [4.78, 5) is 39.1. The van der Waals surface area contributed by atoms with Crippen LogP contribution in [0.1, 0.15) is 42.4 Å². The fraction of sp³-hybridized carbons (Fsp3) is 0.324. The van der Waals surface area contributed by atoms with Crippen LogP contribution < -0.4 is 15.4 Å². The molecule has 4 aromatic rings. The van der Waals surface area contributed by atoms with Crippen LogP contribution in [0, 0.1) is 13.8 Å². The van der Waals surface area contributed by atoms with Gasteiger partial charge in [-0.1, -0.05) is 36.4 Å². The van der Waals surface area contributed by atoms with Crippen molar-refractivity contribution in [2.24, 2.45) is 0 Å². The molecule has 0 radical (unpaired) electrons. The van der Waals surface area contributed by atoms with Crippen molar-refractivity contribution in [3.8, 4) is 5.75 Å². The first kappa shape index (κ1) is 28.9. The van der Waals surface area contributed by atoms with Gasteiger partial charge in [0.05, 0.1) is 20.1 Å². The highest BCUT2D eigenvalue weighted by Crippen LogP contribution is 2.35. The van der Waals surface area contributed by atoms with E-state index in [4.69, 9.17) is 9.47 Å². The van der Waals surface area contributed by atoms with Gasteiger partial charge in [0.2, 0.25) is 5.91 Å². The Morgan fingerprint density at radius 1 is 0.929 bits per heavy atom. The second-order valence-corrected chi connectivity index (χ2v) is 11.1. The van der Waals surface area contributed by atoms with Crippen LogP contribution in [0.25, 0.3) is 10.9 Å². The molecule has 0 saturated heterocycles. The van der Waals surface area contributed by atoms with Crippen molar-refractivity contribution >= 4 is 34.4 Å². The molecule has 1 aliphatic carbocycles. The van der Waals surface area contributed by atoms with Crippen molar-refractivity contribution in [1.82, 2.24) is 9.88 Å². The van der Waals surface area contributed by atoms with Crippen molar-refractivity contribution in [3.63, 3.8) is 0 Å². The van der Waals surface area contributed by atoms with Crippen molar-refractivity contribution in [3.05, 3.63) is 95.7 Å². The van der Waals surface area contributed by atoms with E-state index >= 15 is 0 Å². The fourth-order valence-electron chi connectivity index (χ4n) is 5.77. The van der Waals surface area contributed by atoms with Gasteiger partial charge >= 0.3 is 5.97 Å². The van der Waals surface area contributed by atoms with Crippen LogP contribution in [0.3, 0.4) is 0 Å². The highest BCUT2D eigenvalue weighted by molar-refractivity contribution is 5.92. The number of fused-ring (bicyclic) bond motifs is 1. The average Bonchev–Trinajstić information content (AvgIpc) is 3.61. The number of carbonyl (C=O) groups excluding carboxylic acids is 3. The molecule has 0 bridgehead atoms. The monoisotopic (exact) mass is 567 g/mol. The summed E-state index contributed by atoms with van der Waals surface area (Å²) in [6.07, 6.45) is 4.88. The number of hydrogen-bond acceptors (Lipinski definition) is 5. The molecule has 3 aromatic carbocycles. The molecule has 0 spiro atoms. The van der Waals surface area contributed by atoms with Crippen LogP contribution in [0.15, 0.2) is 79.0 Å². The SMILES string of the molecule is COC(=O)[C@H](Cn1ccc2ccccc21)NC(=O)C1(Oc2ccc(CC(=O)Nc3cc(C)cc(C)c3)cc2)CCCC1. The highest BCUT2D eigenvalue weighted by Gasteiger charge is 2.45. The number of aryl methyl sites for hydroxylation is 2. The van der Waals surface area contributed by atoms with Crippen LogP contribution in [0.2, 0.25) is 0 Å². The van der Waals surface area contributed by atoms with Gasteiger partial charge in [-0.25, -0.2) is 4.79 Å². The van der Waals surface area contributed by atoms with E-state index in [0.29, 0.717) is 18.6 Å². The minimum atomic E-state index is -1.09. The average molecular weight is 568 g/mol. The summed E-state index contributed by atoms with van der Waals surface area (Å²) in [7, 11) is 1.32. The normalized spacial score (nSPS) is 14.7. The maximum atomic E-state index is 13.7. The molecule has 218 valence electrons. The third kappa shape index (κ3) is 6.65. The van der Waals surface area contributed by atoms with Gasteiger partial charge in [-0.3, -0.25) is 9.59 Å². The molecule has 1 atom stereocenters. The van der Waals surface area contributed by atoms with Crippen LogP contribution in [0.5, 0.6) is 5.75 Å². The number of aromatic nitrogens is 1. The van der Waals surface area contributed by atoms with Crippen molar-refractivity contribution in [2.75, 3.05) is 12.4 Å². The molecule has 2 amide bonds. The van der Waals surface area contributed by atoms with E-state index in [0.717, 1.165) is 46.1 Å². The molecule has 2 N–H and O–H groups in total. The largest absolute Gasteiger partial charge is 0.477 e. The van der Waals surface area contributed by atoms with Crippen molar-refractivity contribution in [1.29, 1.82) is 0 Å². The quantitative estimate of drug-likeness (QED) is 0.247. The minimum Gasteiger partial charge on any atom is -0.477 e. The van der Waals surface area contributed by atoms with Gasteiger partial charge in [0.1, 0.15) is 11.8 Å². The Labute approximate surface area is 246 Å². The number of nitrogens with one attached hydrogen (secondary N) is 2. The molecular formula is C34H37N3O5. The van der Waals surface area contributed by atoms with E-state index in [2.05, 4.69) is 16.7 Å². The number of rotatable bonds is 10. The van der Waals surface area contributed by atoms with Gasteiger partial charge in [-0.15, -0.1) is 0 Å². The molecule has 0 aliphatic heterocycles. The standard InChI is InChI=1S/C34H37N3O5/c1-23-18-24(2)20-27(19-23)35-31(38)21-25-10-12-28(13-11-25)42-34(15-6-7-16-34)33(40)36-29(32(39)41-3)22-37-17-14-26-8-4-5-9-30(26)37/h4-5,8-14,17-20,29H,6-7,15-16,21-22H2,1-3H3,(H,35,38)(H,36,40)/t29-/m0/s1. The summed E-state index contributed by atoms with van der Waals surface area (Å²) in [5.74, 6) is -0.414. The number of methoxy groups -OCH3 is 1. The Morgan fingerprint density at radius 3 is 2.31 bits per heavy atom. The number of nitrogens with zero attached hydrogens (tertiary/aromatic N) is 1. The lowest BCUT2D eigenvalue weighted by atomic mass is 10.00. The van der Waals surface area contributed by atoms with E-state index < -0.39 is 17.6 Å². The number of para-hydroxylation sites is 1. The van der Waals surface area contributed by atoms with Gasteiger partial charge in [0, 0.05) is 17.4 Å². The van der Waals surface area contributed by atoms with E-state index in [1.54, 1.807) is 12.1 Å². The first-order chi connectivity index (χ1) is 20.2. The Balaban J connectivity index is 1.25. The number of benzene rings is 3. The highest BCUT2D eigenvalue weighted by atomic mass is 16.5. The fourth-order valence-corrected chi connectivity index (χ4v) is 5.77. The summed E-state index contributed by atoms with van der Waals surface area (Å²) < 4.78 is 13.3. The van der Waals surface area contributed by atoms with Crippen LogP contribution in [-0.2, 0) is 32.1 Å². The van der Waals surface area contributed by atoms with Gasteiger partial charge in [0.25, 0.3) is 5.91 Å². The zero-order valence-electron chi connectivity index (χ0n) is 24.3. The maximum absolute atomic E-state index is 13.7. The summed E-state index contributed by atoms with van der Waals surface area (Å²) in [6.45, 7) is 4.23. The number of ether oxygens (including phenoxy) is 2. The minimum absolute atomic E-state index is 0.107. The van der Waals surface area contributed by atoms with E-state index in [9.17, 15) is 14.4 Å². The zero-order chi connectivity index (χ0) is 29.7. The number of esters is 1. The van der Waals surface area contributed by atoms with E-state index in [1.165, 1.54) is 7.11 Å². The molecule has 0 unspecified atom stereocenters. The Hall–Kier alpha value is -4.59. The Bertz CT molecular complexity index is 1560. The molecule has 8 heteroatoms. The molecule has 8 nitrogen and oxygen atoms in total. The number of carbonyl (C=O) groups is 3. The zero-order valence-corrected chi connectivity index (χ0v) is 24.3. The molecular weight excluding hydrogens is 530 g/mol. The van der Waals surface area contributed by atoms with E-state index in [1.807, 2.05) is 79.2 Å². The van der Waals surface area contributed by atoms with Gasteiger partial charge in [0.15, 0.2) is 5.60 Å². The molecule has 5 rings (SSSR count). The third-order valence-corrected chi connectivity index (χ3v) is 7.78. The smallest absolute Gasteiger partial charge is 0.330 e. The Kier molecular flexibility index (Phi) is 8.61. The molecule has 1 saturated carbocycles. The molecule has 1 aromatic heterocycles. The first-order valence-electron chi connectivity index (χ1n) is 14.3. The number of amides is 2. The van der Waals surface area contributed by atoms with E-state index in [-0.39, 0.29) is 24.8 Å². The summed E-state index contributed by atoms with van der Waals surface area (Å²) >= 11 is 0. The third-order valence-electron chi connectivity index (χ3n) is 7.78. The molecule has 1 heterocycles. The Morgan fingerprint density at radius 2 is 1.62 bits per heavy atom. The predicted molar refractivity (Wildman–Crippen MR) is 162 cm³/mol. The molecule has 1 aliphatic rings. The topological polar surface area (TPSA) is 98.7 Å². The van der Waals surface area contributed by atoms with Crippen LogP contribution in [0.4, 0.5) is 5.69 Å².